The van der Waals surface area contributed by atoms with Crippen molar-refractivity contribution in [3.05, 3.63) is 17.8 Å². The largest absolute Gasteiger partial charge is 0.480 e. The average molecular weight is 279 g/mol. The molecular weight excluding hydrogens is 250 g/mol. The second-order valence-corrected chi connectivity index (χ2v) is 5.17. The summed E-state index contributed by atoms with van der Waals surface area (Å²) in [6.45, 7) is 5.34. The zero-order valence-corrected chi connectivity index (χ0v) is 13.2. The number of unbranched alkanes of at least 4 members (excludes halogenated alkanes) is 5. The van der Waals surface area contributed by atoms with Crippen LogP contribution in [-0.4, -0.2) is 23.9 Å². The normalized spacial score (nSPS) is 12.3. The van der Waals surface area contributed by atoms with Crippen LogP contribution in [0, 0.1) is 0 Å². The molecule has 4 nitrogen and oxygen atoms in total. The van der Waals surface area contributed by atoms with Gasteiger partial charge in [0.25, 0.3) is 0 Å². The van der Waals surface area contributed by atoms with Gasteiger partial charge in [0.2, 0.25) is 5.88 Å². The van der Waals surface area contributed by atoms with Gasteiger partial charge >= 0.3 is 0 Å². The van der Waals surface area contributed by atoms with Crippen LogP contribution in [0.3, 0.4) is 0 Å². The lowest BCUT2D eigenvalue weighted by Crippen LogP contribution is -2.22. The first-order valence-electron chi connectivity index (χ1n) is 7.92. The predicted molar refractivity (Wildman–Crippen MR) is 83.0 cm³/mol. The van der Waals surface area contributed by atoms with Crippen LogP contribution in [0.2, 0.25) is 0 Å². The Bertz CT molecular complexity index is 340. The van der Waals surface area contributed by atoms with E-state index in [1.807, 2.05) is 12.1 Å². The number of aromatic nitrogens is 2. The topological polar surface area (TPSA) is 47.0 Å². The van der Waals surface area contributed by atoms with Crippen molar-refractivity contribution >= 4 is 0 Å². The smallest absolute Gasteiger partial charge is 0.233 e. The van der Waals surface area contributed by atoms with Crippen molar-refractivity contribution in [2.75, 3.05) is 13.7 Å². The van der Waals surface area contributed by atoms with Crippen LogP contribution in [-0.2, 0) is 0 Å². The van der Waals surface area contributed by atoms with Crippen LogP contribution in [0.25, 0.3) is 0 Å². The maximum atomic E-state index is 5.05. The van der Waals surface area contributed by atoms with E-state index in [2.05, 4.69) is 29.4 Å². The summed E-state index contributed by atoms with van der Waals surface area (Å²) in [5.41, 5.74) is 1.02. The Morgan fingerprint density at radius 3 is 2.40 bits per heavy atom. The summed E-state index contributed by atoms with van der Waals surface area (Å²) in [7, 11) is 1.61. The Morgan fingerprint density at radius 1 is 1.05 bits per heavy atom. The lowest BCUT2D eigenvalue weighted by Gasteiger charge is -2.16. The van der Waals surface area contributed by atoms with Crippen molar-refractivity contribution in [3.8, 4) is 5.88 Å². The summed E-state index contributed by atoms with van der Waals surface area (Å²) in [6, 6.07) is 4.20. The molecule has 0 fully saturated rings. The SMILES string of the molecule is CCCCCCCCC(NCC)c1ccc(OC)nn1. The lowest BCUT2D eigenvalue weighted by molar-refractivity contribution is 0.387. The highest BCUT2D eigenvalue weighted by atomic mass is 16.5. The molecule has 0 aromatic carbocycles. The zero-order chi connectivity index (χ0) is 14.6. The van der Waals surface area contributed by atoms with Gasteiger partial charge in [0.1, 0.15) is 0 Å². The van der Waals surface area contributed by atoms with E-state index in [1.54, 1.807) is 7.11 Å². The van der Waals surface area contributed by atoms with E-state index in [1.165, 1.54) is 38.5 Å². The van der Waals surface area contributed by atoms with Crippen LogP contribution in [0.1, 0.15) is 70.5 Å². The highest BCUT2D eigenvalue weighted by Crippen LogP contribution is 2.19. The van der Waals surface area contributed by atoms with Gasteiger partial charge in [-0.05, 0) is 19.0 Å². The van der Waals surface area contributed by atoms with Crippen molar-refractivity contribution in [1.29, 1.82) is 0 Å². The molecule has 1 rings (SSSR count). The summed E-state index contributed by atoms with van der Waals surface area (Å²) in [4.78, 5) is 0. The summed E-state index contributed by atoms with van der Waals surface area (Å²) in [5.74, 6) is 0.573. The molecular formula is C16H29N3O. The van der Waals surface area contributed by atoms with Gasteiger partial charge in [0.15, 0.2) is 0 Å². The Labute approximate surface area is 123 Å². The molecule has 114 valence electrons. The third-order valence-corrected chi connectivity index (χ3v) is 3.52. The molecule has 1 unspecified atom stereocenters. The minimum Gasteiger partial charge on any atom is -0.480 e. The Kier molecular flexibility index (Phi) is 8.96. The molecule has 0 amide bonds. The minimum atomic E-state index is 0.310. The number of rotatable bonds is 11. The van der Waals surface area contributed by atoms with Crippen molar-refractivity contribution < 1.29 is 4.74 Å². The number of hydrogen-bond donors (Lipinski definition) is 1. The van der Waals surface area contributed by atoms with Crippen molar-refractivity contribution in [2.45, 2.75) is 64.8 Å². The van der Waals surface area contributed by atoms with E-state index in [4.69, 9.17) is 4.74 Å². The standard InChI is InChI=1S/C16H29N3O/c1-4-6-7-8-9-10-11-14(17-5-2)15-12-13-16(20-3)19-18-15/h12-14,17H,4-11H2,1-3H3. The van der Waals surface area contributed by atoms with Gasteiger partial charge in [0, 0.05) is 6.07 Å². The lowest BCUT2D eigenvalue weighted by atomic mass is 10.0. The van der Waals surface area contributed by atoms with E-state index in [9.17, 15) is 0 Å². The molecule has 1 atom stereocenters. The summed E-state index contributed by atoms with van der Waals surface area (Å²) < 4.78 is 5.05. The van der Waals surface area contributed by atoms with E-state index in [0.29, 0.717) is 11.9 Å². The highest BCUT2D eigenvalue weighted by molar-refractivity contribution is 5.14. The van der Waals surface area contributed by atoms with Crippen molar-refractivity contribution in [1.82, 2.24) is 15.5 Å². The maximum Gasteiger partial charge on any atom is 0.233 e. The molecule has 1 N–H and O–H groups in total. The van der Waals surface area contributed by atoms with E-state index < -0.39 is 0 Å². The molecule has 20 heavy (non-hydrogen) atoms. The second kappa shape index (κ2) is 10.6. The molecule has 1 aromatic rings. The number of ether oxygens (including phenoxy) is 1. The molecule has 1 aromatic heterocycles. The van der Waals surface area contributed by atoms with Gasteiger partial charge in [-0.25, -0.2) is 0 Å². The first-order chi connectivity index (χ1) is 9.81. The van der Waals surface area contributed by atoms with E-state index >= 15 is 0 Å². The van der Waals surface area contributed by atoms with Crippen LogP contribution in [0.4, 0.5) is 0 Å². The fraction of sp³-hybridized carbons (Fsp3) is 0.750. The van der Waals surface area contributed by atoms with E-state index in [-0.39, 0.29) is 0 Å². The monoisotopic (exact) mass is 279 g/mol. The predicted octanol–water partition coefficient (Wildman–Crippen LogP) is 3.89. The van der Waals surface area contributed by atoms with Crippen LogP contribution in [0.15, 0.2) is 12.1 Å². The molecule has 0 aliphatic heterocycles. The second-order valence-electron chi connectivity index (χ2n) is 5.17. The Balaban J connectivity index is 2.38. The van der Waals surface area contributed by atoms with Crippen molar-refractivity contribution in [3.63, 3.8) is 0 Å². The van der Waals surface area contributed by atoms with Gasteiger partial charge in [0.05, 0.1) is 18.8 Å². The van der Waals surface area contributed by atoms with Crippen LogP contribution >= 0.6 is 0 Å². The molecule has 4 heteroatoms. The molecule has 0 saturated heterocycles. The van der Waals surface area contributed by atoms with Crippen LogP contribution < -0.4 is 10.1 Å². The maximum absolute atomic E-state index is 5.05. The average Bonchev–Trinajstić information content (AvgIpc) is 2.50. The summed E-state index contributed by atoms with van der Waals surface area (Å²) in [6.07, 6.45) is 9.06. The fourth-order valence-electron chi connectivity index (χ4n) is 2.35. The van der Waals surface area contributed by atoms with Gasteiger partial charge in [-0.2, -0.15) is 5.10 Å². The molecule has 0 bridgehead atoms. The molecule has 0 aliphatic rings. The summed E-state index contributed by atoms with van der Waals surface area (Å²) >= 11 is 0. The third kappa shape index (κ3) is 6.33. The quantitative estimate of drug-likeness (QED) is 0.624. The van der Waals surface area contributed by atoms with Gasteiger partial charge in [-0.15, -0.1) is 5.10 Å². The first-order valence-corrected chi connectivity index (χ1v) is 7.92. The van der Waals surface area contributed by atoms with Crippen LogP contribution in [0.5, 0.6) is 5.88 Å². The van der Waals surface area contributed by atoms with E-state index in [0.717, 1.165) is 18.7 Å². The van der Waals surface area contributed by atoms with Gasteiger partial charge in [-0.3, -0.25) is 0 Å². The zero-order valence-electron chi connectivity index (χ0n) is 13.2. The number of hydrogen-bond acceptors (Lipinski definition) is 4. The van der Waals surface area contributed by atoms with Gasteiger partial charge in [-0.1, -0.05) is 52.4 Å². The number of nitrogens with zero attached hydrogens (tertiary/aromatic N) is 2. The molecule has 0 saturated carbocycles. The fourth-order valence-corrected chi connectivity index (χ4v) is 2.35. The third-order valence-electron chi connectivity index (χ3n) is 3.52. The first kappa shape index (κ1) is 16.9. The van der Waals surface area contributed by atoms with Crippen molar-refractivity contribution in [2.24, 2.45) is 0 Å². The molecule has 0 aliphatic carbocycles. The summed E-state index contributed by atoms with van der Waals surface area (Å²) in [5, 5.41) is 11.8. The molecule has 0 spiro atoms. The molecule has 0 radical (unpaired) electrons. The number of nitrogens with one attached hydrogen (secondary N) is 1. The minimum absolute atomic E-state index is 0.310. The Morgan fingerprint density at radius 2 is 1.80 bits per heavy atom. The number of methoxy groups -OCH3 is 1. The Hall–Kier alpha value is -1.16. The van der Waals surface area contributed by atoms with Gasteiger partial charge < -0.3 is 10.1 Å². The molecule has 1 heterocycles. The highest BCUT2D eigenvalue weighted by Gasteiger charge is 2.12.